The lowest BCUT2D eigenvalue weighted by Crippen LogP contribution is -2.15. The Morgan fingerprint density at radius 2 is 1.92 bits per heavy atom. The molecule has 0 aliphatic heterocycles. The zero-order valence-corrected chi connectivity index (χ0v) is 14.5. The molecule has 0 saturated carbocycles. The van der Waals surface area contributed by atoms with Crippen molar-refractivity contribution in [2.45, 2.75) is 0 Å². The third-order valence-corrected chi connectivity index (χ3v) is 3.71. The van der Waals surface area contributed by atoms with Crippen molar-refractivity contribution in [2.24, 2.45) is 0 Å². The van der Waals surface area contributed by atoms with Gasteiger partial charge in [-0.3, -0.25) is 10.1 Å². The van der Waals surface area contributed by atoms with Crippen molar-refractivity contribution < 1.29 is 14.7 Å². The van der Waals surface area contributed by atoms with Crippen LogP contribution < -0.4 is 10.6 Å². The highest BCUT2D eigenvalue weighted by atomic mass is 35.5. The van der Waals surface area contributed by atoms with Gasteiger partial charge >= 0.3 is 6.09 Å². The maximum absolute atomic E-state index is 12.3. The molecule has 2 heterocycles. The lowest BCUT2D eigenvalue weighted by molar-refractivity contribution is 0.102. The first-order chi connectivity index (χ1) is 12.4. The van der Waals surface area contributed by atoms with Gasteiger partial charge in [-0.1, -0.05) is 29.3 Å². The largest absolute Gasteiger partial charge is 0.465 e. The van der Waals surface area contributed by atoms with Gasteiger partial charge in [0, 0.05) is 11.2 Å². The second-order valence-corrected chi connectivity index (χ2v) is 5.89. The van der Waals surface area contributed by atoms with Crippen LogP contribution in [0, 0.1) is 0 Å². The molecule has 8 nitrogen and oxygen atoms in total. The Morgan fingerprint density at radius 1 is 1.12 bits per heavy atom. The first kappa shape index (κ1) is 17.7. The summed E-state index contributed by atoms with van der Waals surface area (Å²) in [5.74, 6) is -0.480. The van der Waals surface area contributed by atoms with Crippen molar-refractivity contribution in [1.82, 2.24) is 14.8 Å². The number of hydrogen-bond donors (Lipinski definition) is 3. The van der Waals surface area contributed by atoms with E-state index in [-0.39, 0.29) is 22.2 Å². The summed E-state index contributed by atoms with van der Waals surface area (Å²) >= 11 is 11.7. The van der Waals surface area contributed by atoms with Crippen LogP contribution >= 0.6 is 23.2 Å². The number of hydrogen-bond acceptors (Lipinski definition) is 4. The molecule has 0 spiro atoms. The zero-order valence-electron chi connectivity index (χ0n) is 13.0. The quantitative estimate of drug-likeness (QED) is 0.583. The van der Waals surface area contributed by atoms with E-state index in [9.17, 15) is 9.59 Å². The Hall–Kier alpha value is -3.10. The summed E-state index contributed by atoms with van der Waals surface area (Å²) < 4.78 is 1.40. The molecule has 0 saturated heterocycles. The Morgan fingerprint density at radius 3 is 2.58 bits per heavy atom. The minimum Gasteiger partial charge on any atom is -0.465 e. The Bertz CT molecular complexity index is 972. The minimum absolute atomic E-state index is 0.0346. The molecular weight excluding hydrogens is 381 g/mol. The second kappa shape index (κ2) is 7.42. The molecule has 2 amide bonds. The average molecular weight is 392 g/mol. The van der Waals surface area contributed by atoms with Gasteiger partial charge in [0.15, 0.2) is 5.82 Å². The summed E-state index contributed by atoms with van der Waals surface area (Å²) in [6, 6.07) is 9.76. The normalized spacial score (nSPS) is 10.4. The van der Waals surface area contributed by atoms with E-state index in [1.165, 1.54) is 29.2 Å². The van der Waals surface area contributed by atoms with Crippen LogP contribution in [-0.4, -0.2) is 31.9 Å². The van der Waals surface area contributed by atoms with E-state index >= 15 is 0 Å². The molecular formula is C16H11Cl2N5O3. The van der Waals surface area contributed by atoms with E-state index in [0.717, 1.165) is 0 Å². The summed E-state index contributed by atoms with van der Waals surface area (Å²) in [4.78, 5) is 27.2. The molecule has 0 radical (unpaired) electrons. The molecule has 3 N–H and O–H groups in total. The van der Waals surface area contributed by atoms with Crippen molar-refractivity contribution in [3.63, 3.8) is 0 Å². The topological polar surface area (TPSA) is 109 Å². The van der Waals surface area contributed by atoms with Gasteiger partial charge in [-0.25, -0.2) is 14.5 Å². The van der Waals surface area contributed by atoms with E-state index in [2.05, 4.69) is 20.7 Å². The SMILES string of the molecule is O=C(O)Nc1cn(-c2cccc(Cl)c2)nc1NC(=O)c1ccc(Cl)nc1. The van der Waals surface area contributed by atoms with E-state index in [4.69, 9.17) is 28.3 Å². The Balaban J connectivity index is 1.92. The summed E-state index contributed by atoms with van der Waals surface area (Å²) in [6.07, 6.45) is 1.44. The van der Waals surface area contributed by atoms with Gasteiger partial charge in [0.25, 0.3) is 5.91 Å². The number of rotatable bonds is 4. The smallest absolute Gasteiger partial charge is 0.409 e. The van der Waals surface area contributed by atoms with Gasteiger partial charge in [0.05, 0.1) is 17.4 Å². The van der Waals surface area contributed by atoms with Crippen molar-refractivity contribution in [2.75, 3.05) is 10.6 Å². The number of nitrogens with one attached hydrogen (secondary N) is 2. The van der Waals surface area contributed by atoms with Gasteiger partial charge in [0.2, 0.25) is 0 Å². The third kappa shape index (κ3) is 4.11. The van der Waals surface area contributed by atoms with E-state index < -0.39 is 12.0 Å². The van der Waals surface area contributed by atoms with Crippen LogP contribution in [0.4, 0.5) is 16.3 Å². The average Bonchev–Trinajstić information content (AvgIpc) is 2.97. The van der Waals surface area contributed by atoms with Gasteiger partial charge < -0.3 is 10.4 Å². The standard InChI is InChI=1S/C16H11Cl2N5O3/c17-10-2-1-3-11(6-10)23-8-12(20-16(25)26)14(22-23)21-15(24)9-4-5-13(18)19-7-9/h1-8,20H,(H,25,26)(H,21,22,24). The highest BCUT2D eigenvalue weighted by Crippen LogP contribution is 2.24. The maximum atomic E-state index is 12.3. The second-order valence-electron chi connectivity index (χ2n) is 5.07. The van der Waals surface area contributed by atoms with Crippen LogP contribution in [0.3, 0.4) is 0 Å². The van der Waals surface area contributed by atoms with Crippen molar-refractivity contribution in [3.8, 4) is 5.69 Å². The molecule has 2 aromatic heterocycles. The fourth-order valence-electron chi connectivity index (χ4n) is 2.11. The van der Waals surface area contributed by atoms with Crippen LogP contribution in [0.15, 0.2) is 48.8 Å². The van der Waals surface area contributed by atoms with Crippen molar-refractivity contribution in [3.05, 3.63) is 64.5 Å². The van der Waals surface area contributed by atoms with Crippen LogP contribution in [0.1, 0.15) is 10.4 Å². The van der Waals surface area contributed by atoms with Crippen molar-refractivity contribution in [1.29, 1.82) is 0 Å². The lowest BCUT2D eigenvalue weighted by Gasteiger charge is -2.04. The summed E-state index contributed by atoms with van der Waals surface area (Å²) in [5.41, 5.74) is 0.945. The Kier molecular flexibility index (Phi) is 5.06. The first-order valence-electron chi connectivity index (χ1n) is 7.21. The number of pyridine rings is 1. The van der Waals surface area contributed by atoms with Crippen molar-refractivity contribution >= 4 is 46.7 Å². The van der Waals surface area contributed by atoms with E-state index in [1.54, 1.807) is 24.3 Å². The molecule has 0 unspecified atom stereocenters. The third-order valence-electron chi connectivity index (χ3n) is 3.25. The number of halogens is 2. The zero-order chi connectivity index (χ0) is 18.7. The van der Waals surface area contributed by atoms with E-state index in [1.807, 2.05) is 0 Å². The number of benzene rings is 1. The molecule has 0 aliphatic rings. The molecule has 0 fully saturated rings. The number of aromatic nitrogens is 3. The first-order valence-corrected chi connectivity index (χ1v) is 7.96. The van der Waals surface area contributed by atoms with Crippen LogP contribution in [0.2, 0.25) is 10.2 Å². The fraction of sp³-hybridized carbons (Fsp3) is 0. The predicted molar refractivity (Wildman–Crippen MR) is 97.4 cm³/mol. The molecule has 132 valence electrons. The predicted octanol–water partition coefficient (Wildman–Crippen LogP) is 3.92. The molecule has 3 rings (SSSR count). The van der Waals surface area contributed by atoms with Gasteiger partial charge in [-0.05, 0) is 30.3 Å². The van der Waals surface area contributed by atoms with Gasteiger partial charge in [-0.15, -0.1) is 5.10 Å². The molecule has 26 heavy (non-hydrogen) atoms. The van der Waals surface area contributed by atoms with Crippen LogP contribution in [0.5, 0.6) is 0 Å². The molecule has 0 atom stereocenters. The molecule has 1 aromatic carbocycles. The number of amides is 2. The highest BCUT2D eigenvalue weighted by molar-refractivity contribution is 6.30. The summed E-state index contributed by atoms with van der Waals surface area (Å²) in [7, 11) is 0. The van der Waals surface area contributed by atoms with Gasteiger partial charge in [-0.2, -0.15) is 0 Å². The van der Waals surface area contributed by atoms with Gasteiger partial charge in [0.1, 0.15) is 10.8 Å². The molecule has 0 aliphatic carbocycles. The monoisotopic (exact) mass is 391 g/mol. The number of nitrogens with zero attached hydrogens (tertiary/aromatic N) is 3. The lowest BCUT2D eigenvalue weighted by atomic mass is 10.2. The van der Waals surface area contributed by atoms with E-state index in [0.29, 0.717) is 10.7 Å². The highest BCUT2D eigenvalue weighted by Gasteiger charge is 2.16. The van der Waals surface area contributed by atoms with Crippen LogP contribution in [0.25, 0.3) is 5.69 Å². The number of carbonyl (C=O) groups excluding carboxylic acids is 1. The number of carbonyl (C=O) groups is 2. The number of carboxylic acid groups (broad SMARTS) is 1. The van der Waals surface area contributed by atoms with Crippen LogP contribution in [-0.2, 0) is 0 Å². The molecule has 0 bridgehead atoms. The minimum atomic E-state index is -1.29. The fourth-order valence-corrected chi connectivity index (χ4v) is 2.41. The number of anilines is 2. The Labute approximate surface area is 157 Å². The molecule has 10 heteroatoms. The maximum Gasteiger partial charge on any atom is 0.409 e. The summed E-state index contributed by atoms with van der Waals surface area (Å²) in [5, 5.41) is 18.7. The molecule has 3 aromatic rings. The summed E-state index contributed by atoms with van der Waals surface area (Å²) in [6.45, 7) is 0.